The van der Waals surface area contributed by atoms with Crippen molar-refractivity contribution < 1.29 is 27.2 Å². The molecule has 1 saturated heterocycles. The summed E-state index contributed by atoms with van der Waals surface area (Å²) in [5.74, 6) is -0.745. The summed E-state index contributed by atoms with van der Waals surface area (Å²) >= 11 is 0. The number of halogens is 1. The second-order valence-corrected chi connectivity index (χ2v) is 10.8. The minimum Gasteiger partial charge on any atom is -0.395 e. The van der Waals surface area contributed by atoms with Gasteiger partial charge >= 0.3 is 0 Å². The number of aliphatic hydroxyl groups is 1. The lowest BCUT2D eigenvalue weighted by molar-refractivity contribution is -0.118. The fourth-order valence-corrected chi connectivity index (χ4v) is 5.55. The molecule has 3 rings (SSSR count). The van der Waals surface area contributed by atoms with Gasteiger partial charge in [-0.15, -0.1) is 0 Å². The number of rotatable bonds is 6. The minimum absolute atomic E-state index is 0.0338. The van der Waals surface area contributed by atoms with Gasteiger partial charge in [-0.1, -0.05) is 24.4 Å². The van der Waals surface area contributed by atoms with Crippen LogP contribution in [0.25, 0.3) is 0 Å². The quantitative estimate of drug-likeness (QED) is 0.732. The van der Waals surface area contributed by atoms with E-state index < -0.39 is 32.3 Å². The summed E-state index contributed by atoms with van der Waals surface area (Å²) in [4.78, 5) is 12.7. The number of carbonyl (C=O) groups excluding carboxylic acids is 1. The molecular formula is C18H28FN3O5S. The summed E-state index contributed by atoms with van der Waals surface area (Å²) in [6.07, 6.45) is 3.54. The van der Waals surface area contributed by atoms with Crippen LogP contribution in [-0.4, -0.2) is 59.5 Å². The summed E-state index contributed by atoms with van der Waals surface area (Å²) in [6.45, 7) is 2.34. The Morgan fingerprint density at radius 1 is 1.43 bits per heavy atom. The van der Waals surface area contributed by atoms with Crippen molar-refractivity contribution >= 4 is 21.8 Å². The molecule has 2 fully saturated rings. The van der Waals surface area contributed by atoms with E-state index in [9.17, 15) is 22.7 Å². The molecule has 1 aliphatic heterocycles. The molecule has 0 bridgehead atoms. The SMILES string of the molecule is CC(C)(C(=O)Nc1cc(C2(CO)CCCCC2)no1)S(=O)(=O)N1CC[C@@H](F)C1. The Labute approximate surface area is 164 Å². The average molecular weight is 418 g/mol. The Hall–Kier alpha value is -1.52. The van der Waals surface area contributed by atoms with Crippen molar-refractivity contribution in [3.63, 3.8) is 0 Å². The first-order chi connectivity index (χ1) is 13.1. The number of aliphatic hydroxyl groups excluding tert-OH is 1. The van der Waals surface area contributed by atoms with Crippen LogP contribution in [0.15, 0.2) is 10.6 Å². The van der Waals surface area contributed by atoms with Gasteiger partial charge < -0.3 is 9.63 Å². The lowest BCUT2D eigenvalue weighted by Gasteiger charge is -2.33. The van der Waals surface area contributed by atoms with Crippen LogP contribution in [0, 0.1) is 0 Å². The fourth-order valence-electron chi connectivity index (χ4n) is 3.92. The molecule has 1 aromatic heterocycles. The molecule has 2 aliphatic rings. The minimum atomic E-state index is -4.04. The molecule has 8 nitrogen and oxygen atoms in total. The molecule has 2 heterocycles. The van der Waals surface area contributed by atoms with Gasteiger partial charge in [0, 0.05) is 24.6 Å². The number of aromatic nitrogens is 1. The molecule has 0 radical (unpaired) electrons. The highest BCUT2D eigenvalue weighted by Gasteiger charge is 2.48. The van der Waals surface area contributed by atoms with Crippen LogP contribution < -0.4 is 5.32 Å². The molecule has 1 aliphatic carbocycles. The van der Waals surface area contributed by atoms with Crippen molar-refractivity contribution in [1.29, 1.82) is 0 Å². The molecule has 0 aromatic carbocycles. The summed E-state index contributed by atoms with van der Waals surface area (Å²) in [7, 11) is -4.04. The second-order valence-electron chi connectivity index (χ2n) is 8.29. The summed E-state index contributed by atoms with van der Waals surface area (Å²) < 4.78 is 43.5. The summed E-state index contributed by atoms with van der Waals surface area (Å²) in [5, 5.41) is 16.4. The number of anilines is 1. The largest absolute Gasteiger partial charge is 0.395 e. The molecule has 28 heavy (non-hydrogen) atoms. The Morgan fingerprint density at radius 2 is 2.11 bits per heavy atom. The van der Waals surface area contributed by atoms with Gasteiger partial charge in [-0.3, -0.25) is 10.1 Å². The Kier molecular flexibility index (Phi) is 5.84. The topological polar surface area (TPSA) is 113 Å². The van der Waals surface area contributed by atoms with Crippen LogP contribution in [-0.2, 0) is 20.2 Å². The molecule has 1 atom stereocenters. The van der Waals surface area contributed by atoms with Crippen LogP contribution in [0.5, 0.6) is 0 Å². The smallest absolute Gasteiger partial charge is 0.249 e. The fraction of sp³-hybridized carbons (Fsp3) is 0.778. The standard InChI is InChI=1S/C18H28FN3O5S/c1-17(2,28(25,26)22-9-6-13(19)11-22)16(24)20-15-10-14(21-27-15)18(12-23)7-4-3-5-8-18/h10,13,23H,3-9,11-12H2,1-2H3,(H,20,24)/t13-/m1/s1. The van der Waals surface area contributed by atoms with E-state index in [2.05, 4.69) is 10.5 Å². The van der Waals surface area contributed by atoms with Gasteiger partial charge in [0.1, 0.15) is 6.17 Å². The van der Waals surface area contributed by atoms with Crippen LogP contribution in [0.4, 0.5) is 10.3 Å². The number of alkyl halides is 1. The first-order valence-electron chi connectivity index (χ1n) is 9.66. The number of sulfonamides is 1. The second kappa shape index (κ2) is 7.72. The van der Waals surface area contributed by atoms with Crippen LogP contribution in [0.1, 0.15) is 58.1 Å². The lowest BCUT2D eigenvalue weighted by atomic mass is 9.72. The highest BCUT2D eigenvalue weighted by molar-refractivity contribution is 7.91. The van der Waals surface area contributed by atoms with Gasteiger partial charge in [-0.05, 0) is 33.1 Å². The van der Waals surface area contributed by atoms with Crippen molar-refractivity contribution in [1.82, 2.24) is 9.46 Å². The molecule has 0 unspecified atom stereocenters. The summed E-state index contributed by atoms with van der Waals surface area (Å²) in [6, 6.07) is 1.55. The number of hydrogen-bond donors (Lipinski definition) is 2. The molecule has 1 aromatic rings. The van der Waals surface area contributed by atoms with Crippen LogP contribution in [0.3, 0.4) is 0 Å². The van der Waals surface area contributed by atoms with Gasteiger partial charge in [0.25, 0.3) is 0 Å². The monoisotopic (exact) mass is 417 g/mol. The number of nitrogens with one attached hydrogen (secondary N) is 1. The number of nitrogens with zero attached hydrogens (tertiary/aromatic N) is 2. The number of hydrogen-bond acceptors (Lipinski definition) is 6. The molecular weight excluding hydrogens is 389 g/mol. The highest BCUT2D eigenvalue weighted by atomic mass is 32.2. The van der Waals surface area contributed by atoms with E-state index in [4.69, 9.17) is 4.52 Å². The normalized spacial score (nSPS) is 23.6. The van der Waals surface area contributed by atoms with E-state index in [-0.39, 0.29) is 32.0 Å². The van der Waals surface area contributed by atoms with E-state index in [1.165, 1.54) is 13.8 Å². The van der Waals surface area contributed by atoms with Gasteiger partial charge in [0.2, 0.25) is 21.8 Å². The van der Waals surface area contributed by atoms with Crippen molar-refractivity contribution in [2.75, 3.05) is 25.0 Å². The molecule has 2 N–H and O–H groups in total. The van der Waals surface area contributed by atoms with E-state index in [1.807, 2.05) is 0 Å². The maximum absolute atomic E-state index is 13.4. The third-order valence-corrected chi connectivity index (χ3v) is 8.52. The van der Waals surface area contributed by atoms with Gasteiger partial charge in [-0.2, -0.15) is 4.31 Å². The van der Waals surface area contributed by atoms with Crippen molar-refractivity contribution in [2.45, 2.75) is 68.7 Å². The first kappa shape index (κ1) is 21.2. The lowest BCUT2D eigenvalue weighted by Crippen LogP contribution is -2.51. The average Bonchev–Trinajstić information content (AvgIpc) is 3.31. The molecule has 1 saturated carbocycles. The third kappa shape index (κ3) is 3.69. The summed E-state index contributed by atoms with van der Waals surface area (Å²) in [5.41, 5.74) is 0.0725. The van der Waals surface area contributed by atoms with Crippen molar-refractivity contribution in [2.24, 2.45) is 0 Å². The molecule has 1 amide bonds. The molecule has 158 valence electrons. The Morgan fingerprint density at radius 3 is 2.68 bits per heavy atom. The number of amides is 1. The zero-order valence-corrected chi connectivity index (χ0v) is 17.1. The predicted molar refractivity (Wildman–Crippen MR) is 101 cm³/mol. The van der Waals surface area contributed by atoms with E-state index >= 15 is 0 Å². The van der Waals surface area contributed by atoms with Crippen LogP contribution >= 0.6 is 0 Å². The molecule has 0 spiro atoms. The van der Waals surface area contributed by atoms with Crippen molar-refractivity contribution in [3.05, 3.63) is 11.8 Å². The predicted octanol–water partition coefficient (Wildman–Crippen LogP) is 1.96. The van der Waals surface area contributed by atoms with E-state index in [0.29, 0.717) is 5.69 Å². The zero-order valence-electron chi connectivity index (χ0n) is 16.3. The van der Waals surface area contributed by atoms with E-state index in [0.717, 1.165) is 36.4 Å². The third-order valence-electron chi connectivity index (χ3n) is 6.03. The van der Waals surface area contributed by atoms with Gasteiger partial charge in [-0.25, -0.2) is 12.8 Å². The van der Waals surface area contributed by atoms with Crippen molar-refractivity contribution in [3.8, 4) is 0 Å². The zero-order chi connectivity index (χ0) is 20.6. The molecule has 10 heteroatoms. The Balaban J connectivity index is 1.75. The maximum atomic E-state index is 13.4. The maximum Gasteiger partial charge on any atom is 0.249 e. The number of carbonyl (C=O) groups is 1. The Bertz CT molecular complexity index is 817. The van der Waals surface area contributed by atoms with Gasteiger partial charge in [0.05, 0.1) is 12.3 Å². The highest BCUT2D eigenvalue weighted by Crippen LogP contribution is 2.39. The first-order valence-corrected chi connectivity index (χ1v) is 11.1. The van der Waals surface area contributed by atoms with Gasteiger partial charge in [0.15, 0.2) is 4.75 Å². The van der Waals surface area contributed by atoms with Crippen LogP contribution in [0.2, 0.25) is 0 Å². The van der Waals surface area contributed by atoms with E-state index in [1.54, 1.807) is 6.07 Å².